The molecule has 3 heterocycles. The van der Waals surface area contributed by atoms with Gasteiger partial charge in [0.15, 0.2) is 0 Å². The Morgan fingerprint density at radius 3 is 1.67 bits per heavy atom. The van der Waals surface area contributed by atoms with Gasteiger partial charge in [0.2, 0.25) is 11.8 Å². The van der Waals surface area contributed by atoms with E-state index >= 15 is 0 Å². The summed E-state index contributed by atoms with van der Waals surface area (Å²) < 4.78 is 5.70. The van der Waals surface area contributed by atoms with E-state index in [1.165, 1.54) is 0 Å². The maximum atomic E-state index is 13.8. The number of benzene rings is 3. The molecule has 48 heavy (non-hydrogen) atoms. The second-order valence-electron chi connectivity index (χ2n) is 12.8. The molecular formula is C38H39N3O7. The molecule has 10 nitrogen and oxygen atoms in total. The molecule has 10 heteroatoms. The molecule has 0 saturated carbocycles. The fourth-order valence-corrected chi connectivity index (χ4v) is 6.93. The highest BCUT2D eigenvalue weighted by molar-refractivity contribution is 6.16. The van der Waals surface area contributed by atoms with E-state index in [1.807, 2.05) is 13.8 Å². The van der Waals surface area contributed by atoms with E-state index in [9.17, 15) is 29.4 Å². The second-order valence-corrected chi connectivity index (χ2v) is 12.8. The number of piperidine rings is 1. The summed E-state index contributed by atoms with van der Waals surface area (Å²) in [5.41, 5.74) is 3.39. The Labute approximate surface area is 279 Å². The van der Waals surface area contributed by atoms with Crippen LogP contribution in [0.2, 0.25) is 0 Å². The number of aliphatic hydroxyl groups excluding tert-OH is 2. The van der Waals surface area contributed by atoms with E-state index in [0.717, 1.165) is 49.0 Å². The lowest BCUT2D eigenvalue weighted by molar-refractivity contribution is -0.131. The second kappa shape index (κ2) is 13.5. The van der Waals surface area contributed by atoms with Crippen molar-refractivity contribution in [1.82, 2.24) is 15.5 Å². The molecule has 0 unspecified atom stereocenters. The first-order chi connectivity index (χ1) is 23.1. The number of nitrogens with one attached hydrogen (secondary N) is 2. The van der Waals surface area contributed by atoms with E-state index < -0.39 is 52.9 Å². The van der Waals surface area contributed by atoms with Gasteiger partial charge >= 0.3 is 0 Å². The average molecular weight is 650 g/mol. The highest BCUT2D eigenvalue weighted by atomic mass is 16.5. The predicted molar refractivity (Wildman–Crippen MR) is 178 cm³/mol. The molecule has 1 saturated heterocycles. The maximum absolute atomic E-state index is 13.8. The lowest BCUT2D eigenvalue weighted by Gasteiger charge is -2.33. The normalized spacial score (nSPS) is 20.7. The smallest absolute Gasteiger partial charge is 0.258 e. The van der Waals surface area contributed by atoms with Crippen LogP contribution in [0, 0.1) is 13.8 Å². The monoisotopic (exact) mass is 649 g/mol. The molecular weight excluding hydrogens is 610 g/mol. The van der Waals surface area contributed by atoms with Gasteiger partial charge in [-0.15, -0.1) is 0 Å². The van der Waals surface area contributed by atoms with Crippen molar-refractivity contribution in [3.05, 3.63) is 123 Å². The van der Waals surface area contributed by atoms with Crippen LogP contribution in [0.5, 0.6) is 5.75 Å². The topological polar surface area (TPSA) is 145 Å². The van der Waals surface area contributed by atoms with Crippen molar-refractivity contribution in [3.8, 4) is 5.75 Å². The third-order valence-electron chi connectivity index (χ3n) is 9.47. The molecule has 3 aliphatic heterocycles. The number of imide groups is 2. The largest absolute Gasteiger partial charge is 0.511 e. The van der Waals surface area contributed by atoms with Crippen LogP contribution in [-0.2, 0) is 25.7 Å². The number of carbonyl (C=O) groups excluding carboxylic acids is 4. The molecule has 4 amide bonds. The molecule has 0 radical (unpaired) electrons. The first kappa shape index (κ1) is 32.7. The Balaban J connectivity index is 1.58. The SMILES string of the molecule is COc1ccc(C(C2=C(O)[C@@H](c3ccc(C)cc3)C(=O)NC2=O)C2=C(O)[C@@H](c3ccc(C)cc3)C(=O)NC2=O)cc1CN1CCCCC1. The van der Waals surface area contributed by atoms with Gasteiger partial charge in [0.05, 0.1) is 24.2 Å². The highest BCUT2D eigenvalue weighted by Crippen LogP contribution is 2.44. The molecule has 0 bridgehead atoms. The van der Waals surface area contributed by atoms with Gasteiger partial charge in [0.1, 0.15) is 29.1 Å². The van der Waals surface area contributed by atoms with Crippen LogP contribution in [0.15, 0.2) is 89.4 Å². The van der Waals surface area contributed by atoms with Gasteiger partial charge in [-0.1, -0.05) is 72.1 Å². The zero-order valence-electron chi connectivity index (χ0n) is 27.2. The molecule has 4 N–H and O–H groups in total. The number of aryl methyl sites for hydroxylation is 2. The zero-order valence-corrected chi connectivity index (χ0v) is 27.2. The Bertz CT molecular complexity index is 1740. The summed E-state index contributed by atoms with van der Waals surface area (Å²) in [6.07, 6.45) is 3.28. The quantitative estimate of drug-likeness (QED) is 0.253. The number of hydrogen-bond donors (Lipinski definition) is 4. The van der Waals surface area contributed by atoms with Gasteiger partial charge in [-0.05, 0) is 68.6 Å². The number of hydrogen-bond acceptors (Lipinski definition) is 8. The number of carbonyl (C=O) groups is 4. The Morgan fingerprint density at radius 1 is 0.729 bits per heavy atom. The Kier molecular flexibility index (Phi) is 9.19. The van der Waals surface area contributed by atoms with Crippen LogP contribution in [0.4, 0.5) is 0 Å². The van der Waals surface area contributed by atoms with Crippen molar-refractivity contribution in [2.75, 3.05) is 20.2 Å². The molecule has 248 valence electrons. The summed E-state index contributed by atoms with van der Waals surface area (Å²) in [5.74, 6) is -7.60. The molecule has 0 aliphatic carbocycles. The van der Waals surface area contributed by atoms with Crippen molar-refractivity contribution < 1.29 is 34.1 Å². The zero-order chi connectivity index (χ0) is 34.1. The molecule has 0 aromatic heterocycles. The predicted octanol–water partition coefficient (Wildman–Crippen LogP) is 4.89. The van der Waals surface area contributed by atoms with Crippen molar-refractivity contribution in [1.29, 1.82) is 0 Å². The first-order valence-electron chi connectivity index (χ1n) is 16.2. The van der Waals surface area contributed by atoms with Crippen molar-refractivity contribution in [2.24, 2.45) is 0 Å². The fraction of sp³-hybridized carbons (Fsp3) is 0.316. The van der Waals surface area contributed by atoms with Crippen LogP contribution >= 0.6 is 0 Å². The number of ether oxygens (including phenoxy) is 1. The van der Waals surface area contributed by atoms with E-state index in [4.69, 9.17) is 4.74 Å². The van der Waals surface area contributed by atoms with Crippen molar-refractivity contribution in [3.63, 3.8) is 0 Å². The summed E-state index contributed by atoms with van der Waals surface area (Å²) in [5, 5.41) is 28.5. The van der Waals surface area contributed by atoms with Gasteiger partial charge < -0.3 is 14.9 Å². The minimum atomic E-state index is -1.36. The number of likely N-dealkylation sites (tertiary alicyclic amines) is 1. The standard InChI is InChI=1S/C38H39N3O7/c1-21-7-11-23(12-8-21)29-33(42)31(37(46)39-35(29)44)28(25-15-16-27(48-3)26(19-25)20-41-17-5-4-6-18-41)32-34(43)30(36(45)40-38(32)47)24-13-9-22(2)10-14-24/h7-16,19,28-30,42-43H,4-6,17-18,20H2,1-3H3,(H,39,44,46)(H,40,45,47)/t29-,30-/m1/s1. The van der Waals surface area contributed by atoms with Gasteiger partial charge in [0, 0.05) is 12.1 Å². The molecule has 2 atom stereocenters. The Morgan fingerprint density at radius 2 is 1.21 bits per heavy atom. The van der Waals surface area contributed by atoms with Crippen molar-refractivity contribution >= 4 is 23.6 Å². The van der Waals surface area contributed by atoms with Gasteiger partial charge in [-0.25, -0.2) is 0 Å². The highest BCUT2D eigenvalue weighted by Gasteiger charge is 2.46. The van der Waals surface area contributed by atoms with Gasteiger partial charge in [-0.2, -0.15) is 0 Å². The third kappa shape index (κ3) is 6.23. The summed E-state index contributed by atoms with van der Waals surface area (Å²) in [4.78, 5) is 56.4. The lowest BCUT2D eigenvalue weighted by atomic mass is 9.75. The van der Waals surface area contributed by atoms with Gasteiger partial charge in [0.25, 0.3) is 11.8 Å². The molecule has 3 aliphatic rings. The summed E-state index contributed by atoms with van der Waals surface area (Å²) in [7, 11) is 1.56. The average Bonchev–Trinajstić information content (AvgIpc) is 3.06. The van der Waals surface area contributed by atoms with Gasteiger partial charge in [-0.3, -0.25) is 34.7 Å². The molecule has 3 aromatic rings. The maximum Gasteiger partial charge on any atom is 0.258 e. The van der Waals surface area contributed by atoms with Crippen molar-refractivity contribution in [2.45, 2.75) is 57.4 Å². The number of aliphatic hydroxyl groups is 2. The van der Waals surface area contributed by atoms with Crippen LogP contribution < -0.4 is 15.4 Å². The van der Waals surface area contributed by atoms with E-state index in [0.29, 0.717) is 29.0 Å². The summed E-state index contributed by atoms with van der Waals surface area (Å²) in [6.45, 7) is 6.12. The van der Waals surface area contributed by atoms with E-state index in [-0.39, 0.29) is 11.1 Å². The minimum Gasteiger partial charge on any atom is -0.511 e. The first-order valence-corrected chi connectivity index (χ1v) is 16.2. The molecule has 0 spiro atoms. The summed E-state index contributed by atoms with van der Waals surface area (Å²) in [6, 6.07) is 19.1. The molecule has 1 fully saturated rings. The number of rotatable bonds is 8. The Hall–Kier alpha value is -5.22. The van der Waals surface area contributed by atoms with E-state index in [1.54, 1.807) is 73.8 Å². The number of methoxy groups -OCH3 is 1. The fourth-order valence-electron chi connectivity index (χ4n) is 6.93. The van der Waals surface area contributed by atoms with Crippen LogP contribution in [-0.4, -0.2) is 58.9 Å². The molecule has 3 aromatic carbocycles. The number of amides is 4. The van der Waals surface area contributed by atoms with Crippen LogP contribution in [0.25, 0.3) is 0 Å². The van der Waals surface area contributed by atoms with E-state index in [2.05, 4.69) is 15.5 Å². The van der Waals surface area contributed by atoms with Crippen LogP contribution in [0.3, 0.4) is 0 Å². The number of nitrogens with zero attached hydrogens (tertiary/aromatic N) is 1. The summed E-state index contributed by atoms with van der Waals surface area (Å²) >= 11 is 0. The lowest BCUT2D eigenvalue weighted by Crippen LogP contribution is -2.47. The third-order valence-corrected chi connectivity index (χ3v) is 9.47. The minimum absolute atomic E-state index is 0.275. The molecule has 6 rings (SSSR count). The van der Waals surface area contributed by atoms with Crippen LogP contribution in [0.1, 0.15) is 70.4 Å².